The number of alkyl halides is 3. The van der Waals surface area contributed by atoms with Crippen LogP contribution in [0.4, 0.5) is 13.2 Å². The summed E-state index contributed by atoms with van der Waals surface area (Å²) in [4.78, 5) is 1.41. The quantitative estimate of drug-likeness (QED) is 0.753. The molecule has 0 bridgehead atoms. The number of nitrogens with one attached hydrogen (secondary N) is 2. The second-order valence-electron chi connectivity index (χ2n) is 4.73. The van der Waals surface area contributed by atoms with Crippen molar-refractivity contribution >= 4 is 17.3 Å². The van der Waals surface area contributed by atoms with Gasteiger partial charge in [-0.2, -0.15) is 13.2 Å². The lowest BCUT2D eigenvalue weighted by molar-refractivity contribution is -0.143. The Bertz CT molecular complexity index is 291. The van der Waals surface area contributed by atoms with Crippen LogP contribution in [0.25, 0.3) is 0 Å². The van der Waals surface area contributed by atoms with Crippen LogP contribution in [0.1, 0.15) is 19.3 Å². The predicted molar refractivity (Wildman–Crippen MR) is 62.8 cm³/mol. The van der Waals surface area contributed by atoms with E-state index < -0.39 is 12.7 Å². The largest absolute Gasteiger partial charge is 0.401 e. The van der Waals surface area contributed by atoms with E-state index in [0.29, 0.717) is 30.7 Å². The number of likely N-dealkylation sites (tertiary alicyclic amines) is 1. The fourth-order valence-electron chi connectivity index (χ4n) is 1.99. The third-order valence-electron chi connectivity index (χ3n) is 2.92. The average molecular weight is 267 g/mol. The van der Waals surface area contributed by atoms with Crippen molar-refractivity contribution in [2.45, 2.75) is 37.5 Å². The fraction of sp³-hybridized carbons (Fsp3) is 0.900. The van der Waals surface area contributed by atoms with Gasteiger partial charge >= 0.3 is 6.18 Å². The van der Waals surface area contributed by atoms with Crippen LogP contribution < -0.4 is 10.6 Å². The Morgan fingerprint density at radius 1 is 1.18 bits per heavy atom. The molecule has 1 saturated heterocycles. The Balaban J connectivity index is 1.68. The van der Waals surface area contributed by atoms with Gasteiger partial charge < -0.3 is 10.6 Å². The third kappa shape index (κ3) is 4.67. The minimum absolute atomic E-state index is 0.0381. The Hall–Kier alpha value is -0.560. The van der Waals surface area contributed by atoms with Gasteiger partial charge in [0.05, 0.1) is 6.54 Å². The average Bonchev–Trinajstić information content (AvgIpc) is 2.86. The first-order valence-electron chi connectivity index (χ1n) is 5.78. The molecular formula is C10H16F3N3S. The first-order chi connectivity index (χ1) is 7.92. The predicted octanol–water partition coefficient (Wildman–Crippen LogP) is 1.25. The van der Waals surface area contributed by atoms with Gasteiger partial charge in [0.1, 0.15) is 0 Å². The van der Waals surface area contributed by atoms with Gasteiger partial charge in [-0.15, -0.1) is 0 Å². The summed E-state index contributed by atoms with van der Waals surface area (Å²) in [6.45, 7) is 0.0587. The van der Waals surface area contributed by atoms with Gasteiger partial charge in [-0.25, -0.2) is 0 Å². The van der Waals surface area contributed by atoms with Crippen molar-refractivity contribution in [3.8, 4) is 0 Å². The first-order valence-corrected chi connectivity index (χ1v) is 6.19. The minimum Gasteiger partial charge on any atom is -0.360 e. The molecule has 0 amide bonds. The summed E-state index contributed by atoms with van der Waals surface area (Å²) < 4.78 is 36.5. The molecule has 2 rings (SSSR count). The second-order valence-corrected chi connectivity index (χ2v) is 5.14. The van der Waals surface area contributed by atoms with Crippen LogP contribution in [0.5, 0.6) is 0 Å². The van der Waals surface area contributed by atoms with Crippen molar-refractivity contribution in [3.05, 3.63) is 0 Å². The number of nitrogens with zero attached hydrogens (tertiary/aromatic N) is 1. The van der Waals surface area contributed by atoms with E-state index in [1.54, 1.807) is 0 Å². The maximum atomic E-state index is 12.2. The summed E-state index contributed by atoms with van der Waals surface area (Å²) in [5, 5.41) is 6.78. The topological polar surface area (TPSA) is 27.3 Å². The molecule has 0 aromatic rings. The van der Waals surface area contributed by atoms with Crippen LogP contribution in [-0.4, -0.2) is 47.9 Å². The molecule has 2 fully saturated rings. The van der Waals surface area contributed by atoms with Crippen molar-refractivity contribution in [1.29, 1.82) is 0 Å². The van der Waals surface area contributed by atoms with Crippen LogP contribution in [0.15, 0.2) is 0 Å². The molecule has 1 aliphatic heterocycles. The van der Waals surface area contributed by atoms with E-state index in [1.165, 1.54) is 4.90 Å². The van der Waals surface area contributed by atoms with Crippen molar-refractivity contribution < 1.29 is 13.2 Å². The SMILES string of the molecule is FC(F)(F)CN1CCC(NC(=S)NC2CC2)C1. The molecule has 2 aliphatic rings. The van der Waals surface area contributed by atoms with Crippen molar-refractivity contribution in [2.24, 2.45) is 0 Å². The Morgan fingerprint density at radius 2 is 1.82 bits per heavy atom. The lowest BCUT2D eigenvalue weighted by Gasteiger charge is -2.19. The highest BCUT2D eigenvalue weighted by atomic mass is 32.1. The molecule has 1 atom stereocenters. The number of hydrogen-bond acceptors (Lipinski definition) is 2. The van der Waals surface area contributed by atoms with E-state index >= 15 is 0 Å². The molecular weight excluding hydrogens is 251 g/mol. The second kappa shape index (κ2) is 4.97. The Kier molecular flexibility index (Phi) is 3.77. The molecule has 0 radical (unpaired) electrons. The smallest absolute Gasteiger partial charge is 0.360 e. The standard InChI is InChI=1S/C10H16F3N3S/c11-10(12,13)6-16-4-3-8(5-16)15-9(17)14-7-1-2-7/h7-8H,1-6H2,(H2,14,15,17). The lowest BCUT2D eigenvalue weighted by Crippen LogP contribution is -2.44. The number of rotatable bonds is 3. The molecule has 1 aliphatic carbocycles. The third-order valence-corrected chi connectivity index (χ3v) is 3.16. The van der Waals surface area contributed by atoms with Crippen LogP contribution in [0.2, 0.25) is 0 Å². The van der Waals surface area contributed by atoms with Gasteiger partial charge in [-0.1, -0.05) is 0 Å². The minimum atomic E-state index is -4.11. The highest BCUT2D eigenvalue weighted by Crippen LogP contribution is 2.20. The van der Waals surface area contributed by atoms with Gasteiger partial charge in [-0.3, -0.25) is 4.90 Å². The van der Waals surface area contributed by atoms with Gasteiger partial charge in [0.15, 0.2) is 5.11 Å². The molecule has 17 heavy (non-hydrogen) atoms. The van der Waals surface area contributed by atoms with Crippen LogP contribution in [0, 0.1) is 0 Å². The summed E-state index contributed by atoms with van der Waals surface area (Å²) in [6.07, 6.45) is -1.14. The number of halogens is 3. The van der Waals surface area contributed by atoms with Gasteiger partial charge in [0, 0.05) is 25.2 Å². The molecule has 0 aromatic carbocycles. The van der Waals surface area contributed by atoms with E-state index in [4.69, 9.17) is 12.2 Å². The Labute approximate surface area is 104 Å². The van der Waals surface area contributed by atoms with E-state index in [0.717, 1.165) is 12.8 Å². The summed E-state index contributed by atoms with van der Waals surface area (Å²) in [7, 11) is 0. The molecule has 0 aromatic heterocycles. The summed E-state index contributed by atoms with van der Waals surface area (Å²) in [5.41, 5.74) is 0. The van der Waals surface area contributed by atoms with E-state index in [2.05, 4.69) is 10.6 Å². The molecule has 7 heteroatoms. The molecule has 1 saturated carbocycles. The molecule has 0 spiro atoms. The Morgan fingerprint density at radius 3 is 2.41 bits per heavy atom. The van der Waals surface area contributed by atoms with Crippen molar-refractivity contribution in [1.82, 2.24) is 15.5 Å². The number of thiocarbonyl (C=S) groups is 1. The van der Waals surface area contributed by atoms with Crippen molar-refractivity contribution in [2.75, 3.05) is 19.6 Å². The van der Waals surface area contributed by atoms with Gasteiger partial charge in [0.25, 0.3) is 0 Å². The summed E-state index contributed by atoms with van der Waals surface area (Å²) in [5.74, 6) is 0. The lowest BCUT2D eigenvalue weighted by atomic mass is 10.3. The van der Waals surface area contributed by atoms with Crippen LogP contribution in [-0.2, 0) is 0 Å². The maximum Gasteiger partial charge on any atom is 0.401 e. The summed E-state index contributed by atoms with van der Waals surface area (Å²) >= 11 is 5.09. The highest BCUT2D eigenvalue weighted by molar-refractivity contribution is 7.80. The normalized spacial score (nSPS) is 25.9. The zero-order valence-electron chi connectivity index (χ0n) is 9.39. The number of hydrogen-bond donors (Lipinski definition) is 2. The first kappa shape index (κ1) is 12.9. The highest BCUT2D eigenvalue weighted by Gasteiger charge is 2.34. The molecule has 2 N–H and O–H groups in total. The van der Waals surface area contributed by atoms with Gasteiger partial charge in [-0.05, 0) is 31.5 Å². The van der Waals surface area contributed by atoms with Gasteiger partial charge in [0.2, 0.25) is 0 Å². The summed E-state index contributed by atoms with van der Waals surface area (Å²) in [6, 6.07) is 0.513. The van der Waals surface area contributed by atoms with E-state index in [1.807, 2.05) is 0 Å². The molecule has 3 nitrogen and oxygen atoms in total. The zero-order valence-corrected chi connectivity index (χ0v) is 10.2. The van der Waals surface area contributed by atoms with E-state index in [-0.39, 0.29) is 6.04 Å². The molecule has 98 valence electrons. The monoisotopic (exact) mass is 267 g/mol. The van der Waals surface area contributed by atoms with Crippen LogP contribution >= 0.6 is 12.2 Å². The molecule has 1 unspecified atom stereocenters. The zero-order chi connectivity index (χ0) is 12.5. The van der Waals surface area contributed by atoms with Crippen molar-refractivity contribution in [3.63, 3.8) is 0 Å². The van der Waals surface area contributed by atoms with Crippen LogP contribution in [0.3, 0.4) is 0 Å². The maximum absolute atomic E-state index is 12.2. The van der Waals surface area contributed by atoms with E-state index in [9.17, 15) is 13.2 Å². The molecule has 1 heterocycles. The fourth-order valence-corrected chi connectivity index (χ4v) is 2.32.